The van der Waals surface area contributed by atoms with E-state index < -0.39 is 0 Å². The maximum absolute atomic E-state index is 12.6. The predicted octanol–water partition coefficient (Wildman–Crippen LogP) is 5.04. The summed E-state index contributed by atoms with van der Waals surface area (Å²) in [5.74, 6) is -0.229. The Hall–Kier alpha value is -3.98. The molecule has 3 aromatic carbocycles. The first kappa shape index (κ1) is 27.6. The number of benzene rings is 3. The quantitative estimate of drug-likeness (QED) is 0.157. The number of aromatic amines is 1. The Morgan fingerprint density at radius 3 is 2.48 bits per heavy atom. The number of nitrogens with one attached hydrogen (secondary N) is 2. The van der Waals surface area contributed by atoms with Gasteiger partial charge in [0, 0.05) is 34.6 Å². The van der Waals surface area contributed by atoms with Gasteiger partial charge in [-0.3, -0.25) is 9.63 Å². The molecule has 0 atom stereocenters. The molecule has 2 heterocycles. The first-order valence-corrected chi connectivity index (χ1v) is 13.8. The van der Waals surface area contributed by atoms with Crippen LogP contribution in [-0.4, -0.2) is 77.9 Å². The molecule has 5 rings (SSSR count). The van der Waals surface area contributed by atoms with Gasteiger partial charge in [0.15, 0.2) is 5.88 Å². The van der Waals surface area contributed by atoms with Crippen molar-refractivity contribution in [3.8, 4) is 5.88 Å². The van der Waals surface area contributed by atoms with E-state index in [9.17, 15) is 9.90 Å². The fourth-order valence-corrected chi connectivity index (χ4v) is 5.22. The topological polar surface area (TPSA) is 93.2 Å². The molecule has 4 aromatic rings. The van der Waals surface area contributed by atoms with Crippen molar-refractivity contribution in [1.29, 1.82) is 0 Å². The Balaban J connectivity index is 1.26. The summed E-state index contributed by atoms with van der Waals surface area (Å²) < 4.78 is 0. The minimum absolute atomic E-state index is 0.0680. The molecule has 40 heavy (non-hydrogen) atoms. The van der Waals surface area contributed by atoms with Crippen molar-refractivity contribution in [1.82, 2.24) is 20.3 Å². The van der Waals surface area contributed by atoms with Gasteiger partial charge >= 0.3 is 0 Å². The minimum atomic E-state index is -0.297. The van der Waals surface area contributed by atoms with Gasteiger partial charge in [-0.25, -0.2) is 10.5 Å². The third-order valence-corrected chi connectivity index (χ3v) is 7.55. The smallest absolute Gasteiger partial charge is 0.274 e. The lowest BCUT2D eigenvalue weighted by atomic mass is 10.00. The fourth-order valence-electron chi connectivity index (χ4n) is 5.22. The van der Waals surface area contributed by atoms with Gasteiger partial charge in [0.25, 0.3) is 5.91 Å². The van der Waals surface area contributed by atoms with Crippen molar-refractivity contribution < 1.29 is 14.7 Å². The number of H-pyrrole nitrogens is 1. The summed E-state index contributed by atoms with van der Waals surface area (Å²) in [6, 6.07) is 23.5. The van der Waals surface area contributed by atoms with E-state index in [2.05, 4.69) is 34.4 Å². The SMILES string of the molecule is Cc1ccc2c(C(=Nc3ccc(C(=O)NOCCN4CCC(N(C)C)CC4)cc3)c3ccccc3)c(O)[nH]c2c1. The standard InChI is InChI=1S/C32H37N5O3/c1-22-9-14-27-28(21-22)34-32(39)29(27)30(23-7-5-4-6-8-23)33-25-12-10-24(11-13-25)31(38)35-40-20-19-37-17-15-26(16-18-37)36(2)3/h4-14,21,26,34,39H,15-20H2,1-3H3,(H,35,38). The van der Waals surface area contributed by atoms with Crippen LogP contribution in [0.15, 0.2) is 77.8 Å². The van der Waals surface area contributed by atoms with Crippen LogP contribution in [0, 0.1) is 6.92 Å². The number of carbonyl (C=O) groups is 1. The lowest BCUT2D eigenvalue weighted by Gasteiger charge is -2.34. The molecule has 8 nitrogen and oxygen atoms in total. The molecule has 3 N–H and O–H groups in total. The second kappa shape index (κ2) is 12.5. The molecule has 208 valence electrons. The number of likely N-dealkylation sites (tertiary alicyclic amines) is 1. The molecular formula is C32H37N5O3. The number of nitrogens with zero attached hydrogens (tertiary/aromatic N) is 3. The number of aliphatic imine (C=N–C) groups is 1. The second-order valence-electron chi connectivity index (χ2n) is 10.6. The van der Waals surface area contributed by atoms with Gasteiger partial charge in [-0.1, -0.05) is 42.5 Å². The number of rotatable bonds is 9. The van der Waals surface area contributed by atoms with Gasteiger partial charge in [-0.2, -0.15) is 0 Å². The average molecular weight is 540 g/mol. The maximum atomic E-state index is 12.6. The molecule has 1 aliphatic heterocycles. The number of aryl methyl sites for hydroxylation is 1. The monoisotopic (exact) mass is 539 g/mol. The van der Waals surface area contributed by atoms with Crippen LogP contribution in [0.25, 0.3) is 10.9 Å². The molecule has 0 spiro atoms. The highest BCUT2D eigenvalue weighted by Crippen LogP contribution is 2.32. The van der Waals surface area contributed by atoms with Crippen LogP contribution < -0.4 is 5.48 Å². The van der Waals surface area contributed by atoms with Gasteiger partial charge in [0.2, 0.25) is 0 Å². The first-order chi connectivity index (χ1) is 19.4. The van der Waals surface area contributed by atoms with Crippen molar-refractivity contribution in [2.45, 2.75) is 25.8 Å². The van der Waals surface area contributed by atoms with Gasteiger partial charge in [-0.15, -0.1) is 0 Å². The Labute approximate surface area is 235 Å². The molecule has 1 saturated heterocycles. The Kier molecular flexibility index (Phi) is 8.60. The van der Waals surface area contributed by atoms with Gasteiger partial charge < -0.3 is 19.9 Å². The third-order valence-electron chi connectivity index (χ3n) is 7.55. The van der Waals surface area contributed by atoms with E-state index in [1.54, 1.807) is 24.3 Å². The van der Waals surface area contributed by atoms with Crippen LogP contribution in [0.4, 0.5) is 5.69 Å². The normalized spacial score (nSPS) is 15.2. The number of hydroxylamine groups is 1. The molecule has 1 aliphatic rings. The Morgan fingerprint density at radius 2 is 1.77 bits per heavy atom. The number of carbonyl (C=O) groups excluding carboxylic acids is 1. The van der Waals surface area contributed by atoms with Gasteiger partial charge in [-0.05, 0) is 82.8 Å². The van der Waals surface area contributed by atoms with E-state index in [4.69, 9.17) is 9.83 Å². The number of hydrogen-bond acceptors (Lipinski definition) is 6. The van der Waals surface area contributed by atoms with Crippen molar-refractivity contribution in [3.63, 3.8) is 0 Å². The lowest BCUT2D eigenvalue weighted by Crippen LogP contribution is -2.43. The molecule has 1 aromatic heterocycles. The summed E-state index contributed by atoms with van der Waals surface area (Å²) >= 11 is 0. The van der Waals surface area contributed by atoms with Crippen LogP contribution in [-0.2, 0) is 4.84 Å². The molecule has 0 aliphatic carbocycles. The Morgan fingerprint density at radius 1 is 1.05 bits per heavy atom. The first-order valence-electron chi connectivity index (χ1n) is 13.8. The van der Waals surface area contributed by atoms with E-state index in [1.807, 2.05) is 55.5 Å². The highest BCUT2D eigenvalue weighted by atomic mass is 16.6. The van der Waals surface area contributed by atoms with Crippen LogP contribution >= 0.6 is 0 Å². The fraction of sp³-hybridized carbons (Fsp3) is 0.312. The predicted molar refractivity (Wildman–Crippen MR) is 159 cm³/mol. The molecule has 8 heteroatoms. The zero-order chi connectivity index (χ0) is 28.1. The number of fused-ring (bicyclic) bond motifs is 1. The van der Waals surface area contributed by atoms with E-state index in [0.29, 0.717) is 35.2 Å². The van der Waals surface area contributed by atoms with Crippen molar-refractivity contribution in [2.75, 3.05) is 40.3 Å². The number of amides is 1. The van der Waals surface area contributed by atoms with Crippen LogP contribution in [0.2, 0.25) is 0 Å². The van der Waals surface area contributed by atoms with Crippen LogP contribution in [0.3, 0.4) is 0 Å². The van der Waals surface area contributed by atoms with E-state index >= 15 is 0 Å². The molecular weight excluding hydrogens is 502 g/mol. The summed E-state index contributed by atoms with van der Waals surface area (Å²) in [6.45, 7) is 5.33. The van der Waals surface area contributed by atoms with E-state index in [-0.39, 0.29) is 11.8 Å². The third kappa shape index (κ3) is 6.42. The summed E-state index contributed by atoms with van der Waals surface area (Å²) in [5, 5.41) is 11.8. The van der Waals surface area contributed by atoms with E-state index in [1.165, 1.54) is 0 Å². The number of piperidine rings is 1. The summed E-state index contributed by atoms with van der Waals surface area (Å²) in [7, 11) is 4.27. The summed E-state index contributed by atoms with van der Waals surface area (Å²) in [6.07, 6.45) is 2.31. The highest BCUT2D eigenvalue weighted by molar-refractivity contribution is 6.21. The highest BCUT2D eigenvalue weighted by Gasteiger charge is 2.21. The van der Waals surface area contributed by atoms with Crippen LogP contribution in [0.1, 0.15) is 39.9 Å². The molecule has 1 amide bonds. The zero-order valence-electron chi connectivity index (χ0n) is 23.4. The molecule has 1 fully saturated rings. The average Bonchev–Trinajstić information content (AvgIpc) is 3.29. The van der Waals surface area contributed by atoms with E-state index in [0.717, 1.165) is 54.5 Å². The summed E-state index contributed by atoms with van der Waals surface area (Å²) in [4.78, 5) is 30.8. The van der Waals surface area contributed by atoms with Crippen molar-refractivity contribution in [2.24, 2.45) is 4.99 Å². The lowest BCUT2D eigenvalue weighted by molar-refractivity contribution is 0.0178. The van der Waals surface area contributed by atoms with Crippen molar-refractivity contribution in [3.05, 3.63) is 95.1 Å². The maximum Gasteiger partial charge on any atom is 0.274 e. The minimum Gasteiger partial charge on any atom is -0.494 e. The van der Waals surface area contributed by atoms with Crippen molar-refractivity contribution >= 4 is 28.2 Å². The molecule has 0 radical (unpaired) electrons. The number of aromatic nitrogens is 1. The van der Waals surface area contributed by atoms with Crippen LogP contribution in [0.5, 0.6) is 5.88 Å². The van der Waals surface area contributed by atoms with Gasteiger partial charge in [0.1, 0.15) is 0 Å². The second-order valence-corrected chi connectivity index (χ2v) is 10.6. The largest absolute Gasteiger partial charge is 0.494 e. The Bertz CT molecular complexity index is 1470. The number of aromatic hydroxyl groups is 1. The summed E-state index contributed by atoms with van der Waals surface area (Å²) in [5.41, 5.74) is 7.81. The molecule has 0 saturated carbocycles. The number of hydrogen-bond donors (Lipinski definition) is 3. The molecule has 0 unspecified atom stereocenters. The zero-order valence-corrected chi connectivity index (χ0v) is 23.4. The molecule has 0 bridgehead atoms. The van der Waals surface area contributed by atoms with Gasteiger partial charge in [0.05, 0.1) is 23.6 Å².